The molecule has 0 aliphatic carbocycles. The van der Waals surface area contributed by atoms with Gasteiger partial charge in [-0.05, 0) is 25.1 Å². The van der Waals surface area contributed by atoms with E-state index in [9.17, 15) is 4.79 Å². The molecule has 3 aromatic heterocycles. The minimum absolute atomic E-state index is 0.449. The highest BCUT2D eigenvalue weighted by Gasteiger charge is 2.13. The van der Waals surface area contributed by atoms with Gasteiger partial charge in [0.1, 0.15) is 5.69 Å². The minimum atomic E-state index is 0.449. The van der Waals surface area contributed by atoms with Gasteiger partial charge in [0.15, 0.2) is 6.29 Å². The molecule has 5 nitrogen and oxygen atoms in total. The molecular formula is C13H10N4OS. The Balaban J connectivity index is 2.11. The van der Waals surface area contributed by atoms with Gasteiger partial charge in [-0.1, -0.05) is 0 Å². The number of hydrogen-bond donors (Lipinski definition) is 0. The number of carbonyl (C=O) groups excluding carboxylic acids is 1. The number of nitrogens with zero attached hydrogens (tertiary/aromatic N) is 4. The average Bonchev–Trinajstić information content (AvgIpc) is 3.05. The van der Waals surface area contributed by atoms with Crippen molar-refractivity contribution in [2.45, 2.75) is 6.92 Å². The number of aldehydes is 1. The molecule has 0 saturated heterocycles. The van der Waals surface area contributed by atoms with Crippen molar-refractivity contribution in [1.29, 1.82) is 0 Å². The van der Waals surface area contributed by atoms with Gasteiger partial charge in [0, 0.05) is 23.5 Å². The average molecular weight is 270 g/mol. The first-order valence-corrected chi connectivity index (χ1v) is 6.48. The normalized spacial score (nSPS) is 10.6. The summed E-state index contributed by atoms with van der Waals surface area (Å²) >= 11 is 1.60. The third kappa shape index (κ3) is 2.17. The summed E-state index contributed by atoms with van der Waals surface area (Å²) in [5.41, 5.74) is 1.20. The predicted molar refractivity (Wildman–Crippen MR) is 72.6 cm³/mol. The highest BCUT2D eigenvalue weighted by molar-refractivity contribution is 7.15. The van der Waals surface area contributed by atoms with Crippen LogP contribution in [-0.2, 0) is 0 Å². The quantitative estimate of drug-likeness (QED) is 0.686. The van der Waals surface area contributed by atoms with Crippen LogP contribution in [0.2, 0.25) is 0 Å². The first kappa shape index (κ1) is 11.7. The van der Waals surface area contributed by atoms with E-state index in [-0.39, 0.29) is 0 Å². The summed E-state index contributed by atoms with van der Waals surface area (Å²) in [6.45, 7) is 2.02. The molecule has 0 fully saturated rings. The zero-order valence-electron chi connectivity index (χ0n) is 10.1. The Morgan fingerprint density at radius 1 is 1.26 bits per heavy atom. The Morgan fingerprint density at radius 3 is 2.68 bits per heavy atom. The summed E-state index contributed by atoms with van der Waals surface area (Å²) in [5.74, 6) is 0.449. The van der Waals surface area contributed by atoms with Crippen LogP contribution in [0, 0.1) is 6.92 Å². The molecule has 0 aliphatic heterocycles. The van der Waals surface area contributed by atoms with Gasteiger partial charge in [-0.3, -0.25) is 4.79 Å². The van der Waals surface area contributed by atoms with Crippen molar-refractivity contribution in [2.75, 3.05) is 0 Å². The fourth-order valence-electron chi connectivity index (χ4n) is 1.74. The number of rotatable bonds is 3. The SMILES string of the molecule is Cc1ccc(-c2nn(-c3ncccn3)cc2C=O)s1. The molecule has 0 spiro atoms. The second kappa shape index (κ2) is 4.74. The van der Waals surface area contributed by atoms with Gasteiger partial charge in [-0.15, -0.1) is 11.3 Å². The number of carbonyl (C=O) groups is 1. The smallest absolute Gasteiger partial charge is 0.250 e. The Morgan fingerprint density at radius 2 is 2.05 bits per heavy atom. The van der Waals surface area contributed by atoms with Crippen molar-refractivity contribution in [3.63, 3.8) is 0 Å². The van der Waals surface area contributed by atoms with Gasteiger partial charge < -0.3 is 0 Å². The van der Waals surface area contributed by atoms with Crippen molar-refractivity contribution in [3.8, 4) is 16.5 Å². The van der Waals surface area contributed by atoms with Crippen LogP contribution in [0.4, 0.5) is 0 Å². The molecule has 0 atom stereocenters. The highest BCUT2D eigenvalue weighted by atomic mass is 32.1. The van der Waals surface area contributed by atoms with Crippen LogP contribution in [0.15, 0.2) is 36.8 Å². The predicted octanol–water partition coefficient (Wildman–Crippen LogP) is 2.51. The maximum Gasteiger partial charge on any atom is 0.250 e. The van der Waals surface area contributed by atoms with Crippen molar-refractivity contribution in [2.24, 2.45) is 0 Å². The minimum Gasteiger partial charge on any atom is -0.298 e. The highest BCUT2D eigenvalue weighted by Crippen LogP contribution is 2.28. The third-order valence-corrected chi connectivity index (χ3v) is 3.61. The molecule has 0 N–H and O–H groups in total. The van der Waals surface area contributed by atoms with E-state index >= 15 is 0 Å². The van der Waals surface area contributed by atoms with E-state index < -0.39 is 0 Å². The van der Waals surface area contributed by atoms with Gasteiger partial charge in [0.05, 0.1) is 10.4 Å². The Hall–Kier alpha value is -2.34. The van der Waals surface area contributed by atoms with E-state index in [1.165, 1.54) is 9.56 Å². The summed E-state index contributed by atoms with van der Waals surface area (Å²) in [6.07, 6.45) is 5.72. The molecule has 0 saturated carbocycles. The Bertz CT molecular complexity index is 717. The van der Waals surface area contributed by atoms with Crippen molar-refractivity contribution in [1.82, 2.24) is 19.7 Å². The number of hydrogen-bond acceptors (Lipinski definition) is 5. The molecule has 19 heavy (non-hydrogen) atoms. The fourth-order valence-corrected chi connectivity index (χ4v) is 2.61. The molecule has 3 rings (SSSR count). The largest absolute Gasteiger partial charge is 0.298 e. The summed E-state index contributed by atoms with van der Waals surface area (Å²) in [4.78, 5) is 21.5. The number of aromatic nitrogens is 4. The fraction of sp³-hybridized carbons (Fsp3) is 0.0769. The van der Waals surface area contributed by atoms with Crippen LogP contribution in [0.3, 0.4) is 0 Å². The maximum atomic E-state index is 11.2. The van der Waals surface area contributed by atoms with Crippen molar-refractivity contribution in [3.05, 3.63) is 47.2 Å². The zero-order chi connectivity index (χ0) is 13.2. The number of aryl methyl sites for hydroxylation is 1. The Labute approximate surface area is 113 Å². The van der Waals surface area contributed by atoms with Crippen LogP contribution in [0.1, 0.15) is 15.2 Å². The molecule has 0 unspecified atom stereocenters. The Kier molecular flexibility index (Phi) is 2.92. The lowest BCUT2D eigenvalue weighted by atomic mass is 10.2. The van der Waals surface area contributed by atoms with Crippen molar-refractivity contribution >= 4 is 17.6 Å². The molecule has 0 amide bonds. The molecule has 0 aromatic carbocycles. The molecule has 3 aromatic rings. The summed E-state index contributed by atoms with van der Waals surface area (Å²) < 4.78 is 1.52. The monoisotopic (exact) mass is 270 g/mol. The second-order valence-electron chi connectivity index (χ2n) is 3.95. The summed E-state index contributed by atoms with van der Waals surface area (Å²) in [7, 11) is 0. The lowest BCUT2D eigenvalue weighted by Gasteiger charge is -1.96. The van der Waals surface area contributed by atoms with Crippen LogP contribution in [0.25, 0.3) is 16.5 Å². The lowest BCUT2D eigenvalue weighted by molar-refractivity contribution is 0.112. The van der Waals surface area contributed by atoms with E-state index in [0.29, 0.717) is 17.2 Å². The molecule has 0 radical (unpaired) electrons. The van der Waals surface area contributed by atoms with Gasteiger partial charge in [0.2, 0.25) is 5.95 Å². The molecule has 3 heterocycles. The van der Waals surface area contributed by atoms with E-state index in [1.807, 2.05) is 19.1 Å². The maximum absolute atomic E-state index is 11.2. The van der Waals surface area contributed by atoms with E-state index in [1.54, 1.807) is 36.0 Å². The third-order valence-electron chi connectivity index (χ3n) is 2.60. The van der Waals surface area contributed by atoms with E-state index in [2.05, 4.69) is 15.1 Å². The summed E-state index contributed by atoms with van der Waals surface area (Å²) in [6, 6.07) is 5.70. The van der Waals surface area contributed by atoms with Gasteiger partial charge in [-0.25, -0.2) is 14.6 Å². The van der Waals surface area contributed by atoms with Crippen LogP contribution in [0.5, 0.6) is 0 Å². The van der Waals surface area contributed by atoms with Crippen LogP contribution >= 0.6 is 11.3 Å². The standard InChI is InChI=1S/C13H10N4OS/c1-9-3-4-11(19-9)12-10(8-18)7-17(16-12)13-14-5-2-6-15-13/h2-8H,1H3. The van der Waals surface area contributed by atoms with Gasteiger partial charge in [-0.2, -0.15) is 5.10 Å². The van der Waals surface area contributed by atoms with Crippen LogP contribution < -0.4 is 0 Å². The number of thiophene rings is 1. The lowest BCUT2D eigenvalue weighted by Crippen LogP contribution is -2.00. The molecular weight excluding hydrogens is 260 g/mol. The molecule has 0 bridgehead atoms. The van der Waals surface area contributed by atoms with E-state index in [0.717, 1.165) is 11.2 Å². The summed E-state index contributed by atoms with van der Waals surface area (Å²) in [5, 5.41) is 4.41. The first-order chi connectivity index (χ1) is 9.28. The zero-order valence-corrected chi connectivity index (χ0v) is 11.0. The molecule has 6 heteroatoms. The molecule has 0 aliphatic rings. The first-order valence-electron chi connectivity index (χ1n) is 5.67. The van der Waals surface area contributed by atoms with Crippen molar-refractivity contribution < 1.29 is 4.79 Å². The van der Waals surface area contributed by atoms with Crippen LogP contribution in [-0.4, -0.2) is 26.0 Å². The van der Waals surface area contributed by atoms with Gasteiger partial charge in [0.25, 0.3) is 0 Å². The van der Waals surface area contributed by atoms with E-state index in [4.69, 9.17) is 0 Å². The van der Waals surface area contributed by atoms with Gasteiger partial charge >= 0.3 is 0 Å². The second-order valence-corrected chi connectivity index (χ2v) is 5.24. The molecule has 94 valence electrons. The topological polar surface area (TPSA) is 60.7 Å².